The minimum absolute atomic E-state index is 0.824. The second-order valence-electron chi connectivity index (χ2n) is 3.40. The molecule has 0 unspecified atom stereocenters. The SMILES string of the molecule is CCc1nsc(Sc2cccc(N)c2C)n1. The molecule has 0 bridgehead atoms. The zero-order valence-corrected chi connectivity index (χ0v) is 10.9. The Labute approximate surface area is 103 Å². The summed E-state index contributed by atoms with van der Waals surface area (Å²) in [6.07, 6.45) is 0.882. The van der Waals surface area contributed by atoms with Gasteiger partial charge in [-0.25, -0.2) is 4.98 Å². The lowest BCUT2D eigenvalue weighted by Gasteiger charge is -2.04. The second kappa shape index (κ2) is 4.84. The zero-order valence-electron chi connectivity index (χ0n) is 9.23. The molecule has 2 aromatic rings. The maximum atomic E-state index is 5.86. The van der Waals surface area contributed by atoms with E-state index in [-0.39, 0.29) is 0 Å². The van der Waals surface area contributed by atoms with Gasteiger partial charge >= 0.3 is 0 Å². The molecule has 16 heavy (non-hydrogen) atoms. The lowest BCUT2D eigenvalue weighted by atomic mass is 10.2. The highest BCUT2D eigenvalue weighted by molar-refractivity contribution is 8.01. The van der Waals surface area contributed by atoms with E-state index in [1.807, 2.05) is 19.1 Å². The molecule has 0 aliphatic rings. The van der Waals surface area contributed by atoms with Crippen molar-refractivity contribution in [3.8, 4) is 0 Å². The Morgan fingerprint density at radius 2 is 2.25 bits per heavy atom. The fourth-order valence-electron chi connectivity index (χ4n) is 1.26. The Hall–Kier alpha value is -1.07. The normalized spacial score (nSPS) is 10.6. The Morgan fingerprint density at radius 1 is 1.44 bits per heavy atom. The Kier molecular flexibility index (Phi) is 3.46. The molecular weight excluding hydrogens is 238 g/mol. The smallest absolute Gasteiger partial charge is 0.174 e. The minimum Gasteiger partial charge on any atom is -0.398 e. The summed E-state index contributed by atoms with van der Waals surface area (Å²) in [6.45, 7) is 4.09. The van der Waals surface area contributed by atoms with Gasteiger partial charge in [0.1, 0.15) is 5.82 Å². The first-order valence-corrected chi connectivity index (χ1v) is 6.65. The largest absolute Gasteiger partial charge is 0.398 e. The third kappa shape index (κ3) is 2.36. The van der Waals surface area contributed by atoms with E-state index in [0.717, 1.165) is 32.7 Å². The first-order valence-electron chi connectivity index (χ1n) is 5.06. The number of hydrogen-bond acceptors (Lipinski definition) is 5. The Balaban J connectivity index is 2.23. The van der Waals surface area contributed by atoms with Crippen LogP contribution in [0.5, 0.6) is 0 Å². The van der Waals surface area contributed by atoms with Gasteiger partial charge in [0.05, 0.1) is 0 Å². The Morgan fingerprint density at radius 3 is 2.94 bits per heavy atom. The molecule has 84 valence electrons. The average Bonchev–Trinajstić information content (AvgIpc) is 2.73. The summed E-state index contributed by atoms with van der Waals surface area (Å²) in [4.78, 5) is 5.58. The molecule has 3 nitrogen and oxygen atoms in total. The van der Waals surface area contributed by atoms with Crippen LogP contribution in [0.3, 0.4) is 0 Å². The number of benzene rings is 1. The molecule has 2 N–H and O–H groups in total. The number of nitrogen functional groups attached to an aromatic ring is 1. The van der Waals surface area contributed by atoms with Crippen molar-refractivity contribution in [3.05, 3.63) is 29.6 Å². The second-order valence-corrected chi connectivity index (χ2v) is 5.44. The summed E-state index contributed by atoms with van der Waals surface area (Å²) in [5.41, 5.74) is 7.80. The van der Waals surface area contributed by atoms with E-state index in [4.69, 9.17) is 5.73 Å². The number of anilines is 1. The highest BCUT2D eigenvalue weighted by atomic mass is 32.2. The number of aromatic nitrogens is 2. The summed E-state index contributed by atoms with van der Waals surface area (Å²) in [5.74, 6) is 0.911. The molecule has 0 fully saturated rings. The lowest BCUT2D eigenvalue weighted by molar-refractivity contribution is 0.971. The first kappa shape index (κ1) is 11.4. The molecule has 1 heterocycles. The van der Waals surface area contributed by atoms with Crippen LogP contribution in [0.1, 0.15) is 18.3 Å². The third-order valence-electron chi connectivity index (χ3n) is 2.29. The van der Waals surface area contributed by atoms with Gasteiger partial charge in [-0.05, 0) is 36.2 Å². The molecular formula is C11H13N3S2. The van der Waals surface area contributed by atoms with Crippen LogP contribution < -0.4 is 5.73 Å². The Bertz CT molecular complexity index is 494. The van der Waals surface area contributed by atoms with Gasteiger partial charge < -0.3 is 5.73 Å². The summed E-state index contributed by atoms with van der Waals surface area (Å²) in [7, 11) is 0. The topological polar surface area (TPSA) is 51.8 Å². The average molecular weight is 251 g/mol. The van der Waals surface area contributed by atoms with Gasteiger partial charge in [0.2, 0.25) is 0 Å². The molecule has 0 aliphatic heterocycles. The molecule has 0 saturated carbocycles. The van der Waals surface area contributed by atoms with Gasteiger partial charge in [0.15, 0.2) is 4.34 Å². The monoisotopic (exact) mass is 251 g/mol. The predicted octanol–water partition coefficient (Wildman–Crippen LogP) is 3.14. The molecule has 0 amide bonds. The molecule has 5 heteroatoms. The highest BCUT2D eigenvalue weighted by Crippen LogP contribution is 2.33. The number of hydrogen-bond donors (Lipinski definition) is 1. The molecule has 0 atom stereocenters. The van der Waals surface area contributed by atoms with Gasteiger partial charge in [-0.2, -0.15) is 4.37 Å². The van der Waals surface area contributed by atoms with Crippen molar-refractivity contribution in [1.29, 1.82) is 0 Å². The zero-order chi connectivity index (χ0) is 11.5. The predicted molar refractivity (Wildman–Crippen MR) is 69.0 cm³/mol. The van der Waals surface area contributed by atoms with Crippen LogP contribution in [-0.2, 0) is 6.42 Å². The van der Waals surface area contributed by atoms with E-state index in [1.165, 1.54) is 11.5 Å². The molecule has 2 rings (SSSR count). The van der Waals surface area contributed by atoms with Crippen molar-refractivity contribution in [3.63, 3.8) is 0 Å². The molecule has 0 aliphatic carbocycles. The van der Waals surface area contributed by atoms with E-state index in [0.29, 0.717) is 0 Å². The van der Waals surface area contributed by atoms with Gasteiger partial charge in [0.25, 0.3) is 0 Å². The van der Waals surface area contributed by atoms with E-state index in [2.05, 4.69) is 22.3 Å². The minimum atomic E-state index is 0.824. The summed E-state index contributed by atoms with van der Waals surface area (Å²) < 4.78 is 5.24. The molecule has 0 radical (unpaired) electrons. The summed E-state index contributed by atoms with van der Waals surface area (Å²) in [5, 5.41) is 0. The van der Waals surface area contributed by atoms with Gasteiger partial charge in [-0.1, -0.05) is 24.8 Å². The van der Waals surface area contributed by atoms with Crippen LogP contribution in [0.15, 0.2) is 27.4 Å². The molecule has 1 aromatic heterocycles. The fourth-order valence-corrected chi connectivity index (χ4v) is 3.05. The number of nitrogens with two attached hydrogens (primary N) is 1. The van der Waals surface area contributed by atoms with Crippen molar-refractivity contribution >= 4 is 29.0 Å². The standard InChI is InChI=1S/C11H13N3S2/c1-3-10-13-11(16-14-10)15-9-6-4-5-8(12)7(9)2/h4-6H,3,12H2,1-2H3. The van der Waals surface area contributed by atoms with Gasteiger partial charge in [0, 0.05) is 17.0 Å². The van der Waals surface area contributed by atoms with Gasteiger partial charge in [-0.3, -0.25) is 0 Å². The van der Waals surface area contributed by atoms with Crippen LogP contribution in [0.4, 0.5) is 5.69 Å². The third-order valence-corrected chi connectivity index (χ3v) is 4.24. The van der Waals surface area contributed by atoms with Crippen LogP contribution in [-0.4, -0.2) is 9.36 Å². The number of nitrogens with zero attached hydrogens (tertiary/aromatic N) is 2. The van der Waals surface area contributed by atoms with Crippen molar-refractivity contribution in [1.82, 2.24) is 9.36 Å². The van der Waals surface area contributed by atoms with Gasteiger partial charge in [-0.15, -0.1) is 0 Å². The van der Waals surface area contributed by atoms with Crippen LogP contribution in [0.25, 0.3) is 0 Å². The van der Waals surface area contributed by atoms with E-state index < -0.39 is 0 Å². The van der Waals surface area contributed by atoms with Crippen molar-refractivity contribution in [2.75, 3.05) is 5.73 Å². The quantitative estimate of drug-likeness (QED) is 0.851. The first-order chi connectivity index (χ1) is 7.70. The molecule has 0 spiro atoms. The van der Waals surface area contributed by atoms with Crippen molar-refractivity contribution in [2.24, 2.45) is 0 Å². The van der Waals surface area contributed by atoms with E-state index in [9.17, 15) is 0 Å². The number of aryl methyl sites for hydroxylation is 1. The highest BCUT2D eigenvalue weighted by Gasteiger charge is 2.07. The summed E-state index contributed by atoms with van der Waals surface area (Å²) >= 11 is 3.07. The van der Waals surface area contributed by atoms with Crippen molar-refractivity contribution < 1.29 is 0 Å². The van der Waals surface area contributed by atoms with Crippen molar-refractivity contribution in [2.45, 2.75) is 29.5 Å². The van der Waals surface area contributed by atoms with Crippen LogP contribution >= 0.6 is 23.3 Å². The molecule has 0 saturated heterocycles. The fraction of sp³-hybridized carbons (Fsp3) is 0.273. The maximum Gasteiger partial charge on any atom is 0.174 e. The molecule has 1 aromatic carbocycles. The number of rotatable bonds is 3. The van der Waals surface area contributed by atoms with E-state index in [1.54, 1.807) is 11.8 Å². The van der Waals surface area contributed by atoms with E-state index >= 15 is 0 Å². The van der Waals surface area contributed by atoms with Crippen LogP contribution in [0.2, 0.25) is 0 Å². The summed E-state index contributed by atoms with van der Waals surface area (Å²) in [6, 6.07) is 5.94. The lowest BCUT2D eigenvalue weighted by Crippen LogP contribution is -1.90. The maximum absolute atomic E-state index is 5.86. The van der Waals surface area contributed by atoms with Crippen LogP contribution in [0, 0.1) is 6.92 Å².